The molecule has 1 rings (SSSR count). The highest BCUT2D eigenvalue weighted by Crippen LogP contribution is 2.22. The average molecular weight is 288 g/mol. The Hall–Kier alpha value is -1.56. The van der Waals surface area contributed by atoms with Gasteiger partial charge in [-0.1, -0.05) is 11.6 Å². The fourth-order valence-corrected chi connectivity index (χ4v) is 1.89. The summed E-state index contributed by atoms with van der Waals surface area (Å²) in [7, 11) is 3.28. The monoisotopic (exact) mass is 287 g/mol. The van der Waals surface area contributed by atoms with E-state index in [9.17, 15) is 9.59 Å². The molecule has 6 nitrogen and oxygen atoms in total. The minimum atomic E-state index is -0.366. The van der Waals surface area contributed by atoms with E-state index < -0.39 is 0 Å². The van der Waals surface area contributed by atoms with Gasteiger partial charge in [0.1, 0.15) is 5.02 Å². The van der Waals surface area contributed by atoms with Gasteiger partial charge in [-0.3, -0.25) is 9.59 Å². The van der Waals surface area contributed by atoms with Crippen molar-refractivity contribution in [2.24, 2.45) is 7.05 Å². The Kier molecular flexibility index (Phi) is 5.35. The lowest BCUT2D eigenvalue weighted by Crippen LogP contribution is -2.34. The molecule has 1 aromatic rings. The minimum Gasteiger partial charge on any atom is -0.466 e. The molecule has 0 amide bonds. The van der Waals surface area contributed by atoms with Gasteiger partial charge in [0.2, 0.25) is 0 Å². The molecular weight excluding hydrogens is 270 g/mol. The summed E-state index contributed by atoms with van der Waals surface area (Å²) in [6.45, 7) is 3.96. The molecule has 0 radical (unpaired) electrons. The molecule has 0 aliphatic heterocycles. The number of anilines is 1. The zero-order chi connectivity index (χ0) is 14.6. The molecule has 1 atom stereocenters. The van der Waals surface area contributed by atoms with Gasteiger partial charge in [0.15, 0.2) is 0 Å². The second-order valence-electron chi connectivity index (χ2n) is 4.24. The Labute approximate surface area is 116 Å². The summed E-state index contributed by atoms with van der Waals surface area (Å²) < 4.78 is 6.05. The van der Waals surface area contributed by atoms with Crippen molar-refractivity contribution in [3.05, 3.63) is 21.6 Å². The van der Waals surface area contributed by atoms with Crippen LogP contribution in [-0.2, 0) is 16.6 Å². The maximum Gasteiger partial charge on any atom is 0.307 e. The first-order chi connectivity index (χ1) is 8.88. The molecule has 0 spiro atoms. The molecular formula is C12H18ClN3O3. The Balaban J connectivity index is 2.88. The Bertz CT molecular complexity index is 515. The predicted molar refractivity (Wildman–Crippen MR) is 73.6 cm³/mol. The van der Waals surface area contributed by atoms with E-state index >= 15 is 0 Å². The lowest BCUT2D eigenvalue weighted by molar-refractivity contribution is -0.143. The van der Waals surface area contributed by atoms with Gasteiger partial charge in [-0.25, -0.2) is 4.68 Å². The van der Waals surface area contributed by atoms with Crippen molar-refractivity contribution in [1.82, 2.24) is 9.78 Å². The van der Waals surface area contributed by atoms with Crippen molar-refractivity contribution in [3.8, 4) is 0 Å². The van der Waals surface area contributed by atoms with E-state index in [0.29, 0.717) is 12.3 Å². The quantitative estimate of drug-likeness (QED) is 0.762. The number of hydrogen-bond acceptors (Lipinski definition) is 5. The highest BCUT2D eigenvalue weighted by atomic mass is 35.5. The Morgan fingerprint density at radius 1 is 1.63 bits per heavy atom. The number of halogens is 1. The van der Waals surface area contributed by atoms with Crippen molar-refractivity contribution < 1.29 is 9.53 Å². The molecule has 0 fully saturated rings. The van der Waals surface area contributed by atoms with Gasteiger partial charge in [-0.15, -0.1) is 0 Å². The Morgan fingerprint density at radius 3 is 2.84 bits per heavy atom. The molecule has 7 heteroatoms. The van der Waals surface area contributed by atoms with E-state index in [0.717, 1.165) is 4.68 Å². The van der Waals surface area contributed by atoms with Gasteiger partial charge in [-0.05, 0) is 13.8 Å². The van der Waals surface area contributed by atoms with Crippen LogP contribution in [0.1, 0.15) is 20.3 Å². The maximum atomic E-state index is 11.7. The minimum absolute atomic E-state index is 0.0932. The number of aryl methyl sites for hydroxylation is 1. The summed E-state index contributed by atoms with van der Waals surface area (Å²) in [5.41, 5.74) is 0.135. The van der Waals surface area contributed by atoms with Gasteiger partial charge in [0.25, 0.3) is 5.56 Å². The van der Waals surface area contributed by atoms with Crippen LogP contribution in [0.25, 0.3) is 0 Å². The fourth-order valence-electron chi connectivity index (χ4n) is 1.58. The fraction of sp³-hybridized carbons (Fsp3) is 0.583. The summed E-state index contributed by atoms with van der Waals surface area (Å²) in [5, 5.41) is 4.01. The van der Waals surface area contributed by atoms with Crippen LogP contribution in [0.5, 0.6) is 0 Å². The molecule has 19 heavy (non-hydrogen) atoms. The summed E-state index contributed by atoms with van der Waals surface area (Å²) >= 11 is 6.00. The number of rotatable bonds is 5. The number of carbonyl (C=O) groups is 1. The molecule has 1 heterocycles. The number of nitrogens with zero attached hydrogens (tertiary/aromatic N) is 3. The first-order valence-corrected chi connectivity index (χ1v) is 6.36. The normalized spacial score (nSPS) is 12.1. The van der Waals surface area contributed by atoms with E-state index in [1.165, 1.54) is 13.2 Å². The lowest BCUT2D eigenvalue weighted by atomic mass is 10.2. The van der Waals surface area contributed by atoms with Crippen LogP contribution in [0.3, 0.4) is 0 Å². The van der Waals surface area contributed by atoms with Crippen molar-refractivity contribution in [2.45, 2.75) is 26.3 Å². The van der Waals surface area contributed by atoms with E-state index in [1.54, 1.807) is 18.9 Å². The molecule has 0 bridgehead atoms. The zero-order valence-electron chi connectivity index (χ0n) is 11.5. The third kappa shape index (κ3) is 3.70. The molecule has 0 aliphatic carbocycles. The molecule has 0 saturated carbocycles. The molecule has 1 unspecified atom stereocenters. The third-order valence-corrected chi connectivity index (χ3v) is 3.22. The van der Waals surface area contributed by atoms with Gasteiger partial charge < -0.3 is 9.64 Å². The topological polar surface area (TPSA) is 64.4 Å². The van der Waals surface area contributed by atoms with Crippen LogP contribution < -0.4 is 10.5 Å². The van der Waals surface area contributed by atoms with E-state index in [1.807, 2.05) is 6.92 Å². The van der Waals surface area contributed by atoms with Gasteiger partial charge in [0, 0.05) is 20.1 Å². The van der Waals surface area contributed by atoms with Crippen molar-refractivity contribution in [3.63, 3.8) is 0 Å². The van der Waals surface area contributed by atoms with Crippen molar-refractivity contribution in [2.75, 3.05) is 18.6 Å². The van der Waals surface area contributed by atoms with Gasteiger partial charge in [-0.2, -0.15) is 5.10 Å². The summed E-state index contributed by atoms with van der Waals surface area (Å²) in [4.78, 5) is 24.9. The summed E-state index contributed by atoms with van der Waals surface area (Å²) in [5.74, 6) is -0.283. The standard InChI is InChI=1S/C12H18ClN3O3/c1-5-19-10(17)6-8(2)15(3)9-7-14-16(4)12(18)11(9)13/h7-8H,5-6H2,1-4H3. The number of hydrogen-bond donors (Lipinski definition) is 0. The molecule has 0 aliphatic rings. The number of aromatic nitrogens is 2. The maximum absolute atomic E-state index is 11.7. The van der Waals surface area contributed by atoms with Gasteiger partial charge >= 0.3 is 5.97 Å². The van der Waals surface area contributed by atoms with Crippen LogP contribution >= 0.6 is 11.6 Å². The molecule has 0 saturated heterocycles. The van der Waals surface area contributed by atoms with Crippen LogP contribution in [0.2, 0.25) is 5.02 Å². The van der Waals surface area contributed by atoms with Crippen molar-refractivity contribution >= 4 is 23.3 Å². The third-order valence-electron chi connectivity index (χ3n) is 2.87. The smallest absolute Gasteiger partial charge is 0.307 e. The van der Waals surface area contributed by atoms with Crippen LogP contribution in [0.4, 0.5) is 5.69 Å². The number of ether oxygens (including phenoxy) is 1. The lowest BCUT2D eigenvalue weighted by Gasteiger charge is -2.26. The highest BCUT2D eigenvalue weighted by molar-refractivity contribution is 6.33. The number of carbonyl (C=O) groups excluding carboxylic acids is 1. The predicted octanol–water partition coefficient (Wildman–Crippen LogP) is 1.21. The molecule has 106 valence electrons. The highest BCUT2D eigenvalue weighted by Gasteiger charge is 2.19. The second kappa shape index (κ2) is 6.56. The first-order valence-electron chi connectivity index (χ1n) is 5.98. The molecule has 0 aromatic carbocycles. The Morgan fingerprint density at radius 2 is 2.26 bits per heavy atom. The molecule has 0 N–H and O–H groups in total. The van der Waals surface area contributed by atoms with Crippen molar-refractivity contribution in [1.29, 1.82) is 0 Å². The number of esters is 1. The van der Waals surface area contributed by atoms with E-state index in [4.69, 9.17) is 16.3 Å². The molecule has 1 aromatic heterocycles. The SMILES string of the molecule is CCOC(=O)CC(C)N(C)c1cnn(C)c(=O)c1Cl. The van der Waals surface area contributed by atoms with Crippen LogP contribution in [0.15, 0.2) is 11.0 Å². The first kappa shape index (κ1) is 15.5. The average Bonchev–Trinajstić information content (AvgIpc) is 2.35. The zero-order valence-corrected chi connectivity index (χ0v) is 12.3. The second-order valence-corrected chi connectivity index (χ2v) is 4.62. The largest absolute Gasteiger partial charge is 0.466 e. The summed E-state index contributed by atoms with van der Waals surface area (Å²) in [6, 6.07) is -0.148. The summed E-state index contributed by atoms with van der Waals surface area (Å²) in [6.07, 6.45) is 1.72. The van der Waals surface area contributed by atoms with Crippen LogP contribution in [-0.4, -0.2) is 35.4 Å². The van der Waals surface area contributed by atoms with Gasteiger partial charge in [0.05, 0.1) is 24.9 Å². The van der Waals surface area contributed by atoms with Crippen LogP contribution in [0, 0.1) is 0 Å². The van der Waals surface area contributed by atoms with E-state index in [-0.39, 0.29) is 29.0 Å². The van der Waals surface area contributed by atoms with E-state index in [2.05, 4.69) is 5.10 Å².